The van der Waals surface area contributed by atoms with Crippen molar-refractivity contribution in [1.82, 2.24) is 4.98 Å². The van der Waals surface area contributed by atoms with Crippen molar-refractivity contribution in [2.75, 3.05) is 5.32 Å². The number of nitrogens with zero attached hydrogens (tertiary/aromatic N) is 1. The SMILES string of the molecule is CC1(C(=O)Nc2cccnc2Br)CCCC1N. The highest BCUT2D eigenvalue weighted by Crippen LogP contribution is 2.38. The summed E-state index contributed by atoms with van der Waals surface area (Å²) in [7, 11) is 0. The number of hydrogen-bond donors (Lipinski definition) is 2. The van der Waals surface area contributed by atoms with Crippen molar-refractivity contribution < 1.29 is 4.79 Å². The van der Waals surface area contributed by atoms with Crippen molar-refractivity contribution in [2.24, 2.45) is 11.1 Å². The van der Waals surface area contributed by atoms with Gasteiger partial charge >= 0.3 is 0 Å². The lowest BCUT2D eigenvalue weighted by Crippen LogP contribution is -2.44. The third-order valence-electron chi connectivity index (χ3n) is 3.56. The van der Waals surface area contributed by atoms with Crippen LogP contribution in [0.4, 0.5) is 5.69 Å². The van der Waals surface area contributed by atoms with Gasteiger partial charge in [-0.25, -0.2) is 4.98 Å². The molecule has 4 nitrogen and oxygen atoms in total. The lowest BCUT2D eigenvalue weighted by molar-refractivity contribution is -0.125. The normalized spacial score (nSPS) is 28.1. The van der Waals surface area contributed by atoms with Crippen LogP contribution in [0.5, 0.6) is 0 Å². The van der Waals surface area contributed by atoms with Crippen LogP contribution >= 0.6 is 15.9 Å². The highest BCUT2D eigenvalue weighted by atomic mass is 79.9. The van der Waals surface area contributed by atoms with E-state index in [1.54, 1.807) is 12.3 Å². The largest absolute Gasteiger partial charge is 0.327 e. The minimum Gasteiger partial charge on any atom is -0.327 e. The number of nitrogens with one attached hydrogen (secondary N) is 1. The van der Waals surface area contributed by atoms with Gasteiger partial charge in [-0.2, -0.15) is 0 Å². The molecule has 0 aromatic carbocycles. The van der Waals surface area contributed by atoms with Crippen LogP contribution in [-0.4, -0.2) is 16.9 Å². The van der Waals surface area contributed by atoms with Crippen molar-refractivity contribution in [3.8, 4) is 0 Å². The standard InChI is InChI=1S/C12H16BrN3O/c1-12(6-2-5-9(12)14)11(17)16-8-4-3-7-15-10(8)13/h3-4,7,9H,2,5-6,14H2,1H3,(H,16,17). The Hall–Kier alpha value is -0.940. The maximum atomic E-state index is 12.3. The van der Waals surface area contributed by atoms with Gasteiger partial charge in [0.25, 0.3) is 0 Å². The summed E-state index contributed by atoms with van der Waals surface area (Å²) in [6.07, 6.45) is 4.44. The summed E-state index contributed by atoms with van der Waals surface area (Å²) >= 11 is 3.31. The average Bonchev–Trinajstić information content (AvgIpc) is 2.64. The Balaban J connectivity index is 2.15. The zero-order valence-electron chi connectivity index (χ0n) is 9.74. The Kier molecular flexibility index (Phi) is 3.49. The van der Waals surface area contributed by atoms with Crippen LogP contribution in [0.3, 0.4) is 0 Å². The van der Waals surface area contributed by atoms with E-state index in [1.807, 2.05) is 13.0 Å². The molecule has 92 valence electrons. The number of halogens is 1. The van der Waals surface area contributed by atoms with Gasteiger partial charge in [0.2, 0.25) is 5.91 Å². The van der Waals surface area contributed by atoms with Gasteiger partial charge in [-0.1, -0.05) is 6.42 Å². The minimum atomic E-state index is -0.463. The molecule has 17 heavy (non-hydrogen) atoms. The first-order chi connectivity index (χ1) is 8.04. The van der Waals surface area contributed by atoms with Gasteiger partial charge in [-0.3, -0.25) is 4.79 Å². The van der Waals surface area contributed by atoms with E-state index in [0.29, 0.717) is 10.3 Å². The Morgan fingerprint density at radius 1 is 1.71 bits per heavy atom. The first-order valence-corrected chi connectivity index (χ1v) is 6.51. The average molecular weight is 298 g/mol. The molecule has 1 aromatic rings. The maximum Gasteiger partial charge on any atom is 0.231 e. The van der Waals surface area contributed by atoms with Crippen LogP contribution in [0.15, 0.2) is 22.9 Å². The van der Waals surface area contributed by atoms with E-state index in [1.165, 1.54) is 0 Å². The summed E-state index contributed by atoms with van der Waals surface area (Å²) in [5.74, 6) is -0.0174. The van der Waals surface area contributed by atoms with Crippen molar-refractivity contribution in [3.63, 3.8) is 0 Å². The third kappa shape index (κ3) is 2.35. The molecule has 0 aliphatic heterocycles. The minimum absolute atomic E-state index is 0.0174. The molecular formula is C12H16BrN3O. The van der Waals surface area contributed by atoms with Crippen LogP contribution < -0.4 is 11.1 Å². The first-order valence-electron chi connectivity index (χ1n) is 5.71. The number of hydrogen-bond acceptors (Lipinski definition) is 3. The predicted molar refractivity (Wildman–Crippen MR) is 70.5 cm³/mol. The van der Waals surface area contributed by atoms with Crippen molar-refractivity contribution in [2.45, 2.75) is 32.2 Å². The number of pyridine rings is 1. The molecule has 3 N–H and O–H groups in total. The molecule has 2 rings (SSSR count). The molecule has 5 heteroatoms. The molecule has 1 aliphatic carbocycles. The van der Waals surface area contributed by atoms with E-state index in [-0.39, 0.29) is 11.9 Å². The maximum absolute atomic E-state index is 12.3. The molecule has 1 aromatic heterocycles. The van der Waals surface area contributed by atoms with Crippen LogP contribution in [0.2, 0.25) is 0 Å². The molecule has 1 aliphatic rings. The molecule has 0 radical (unpaired) electrons. The van der Waals surface area contributed by atoms with Gasteiger partial charge < -0.3 is 11.1 Å². The van der Waals surface area contributed by atoms with E-state index in [4.69, 9.17) is 5.73 Å². The van der Waals surface area contributed by atoms with Crippen molar-refractivity contribution >= 4 is 27.5 Å². The summed E-state index contributed by atoms with van der Waals surface area (Å²) in [6.45, 7) is 1.93. The van der Waals surface area contributed by atoms with Crippen LogP contribution in [0.25, 0.3) is 0 Å². The Morgan fingerprint density at radius 3 is 3.06 bits per heavy atom. The number of rotatable bonds is 2. The van der Waals surface area contributed by atoms with E-state index >= 15 is 0 Å². The number of anilines is 1. The van der Waals surface area contributed by atoms with Gasteiger partial charge in [0, 0.05) is 12.2 Å². The second kappa shape index (κ2) is 4.74. The summed E-state index contributed by atoms with van der Waals surface area (Å²) in [5, 5.41) is 2.89. The number of nitrogens with two attached hydrogens (primary N) is 1. The first kappa shape index (κ1) is 12.5. The number of aromatic nitrogens is 1. The molecule has 0 saturated heterocycles. The second-order valence-electron chi connectivity index (χ2n) is 4.71. The van der Waals surface area contributed by atoms with Gasteiger partial charge in [0.15, 0.2) is 0 Å². The van der Waals surface area contributed by atoms with E-state index in [9.17, 15) is 4.79 Å². The molecule has 1 fully saturated rings. The van der Waals surface area contributed by atoms with Gasteiger partial charge in [0.1, 0.15) is 4.60 Å². The monoisotopic (exact) mass is 297 g/mol. The zero-order valence-corrected chi connectivity index (χ0v) is 11.3. The molecular weight excluding hydrogens is 282 g/mol. The summed E-state index contributed by atoms with van der Waals surface area (Å²) < 4.78 is 0.642. The fourth-order valence-corrected chi connectivity index (χ4v) is 2.57. The van der Waals surface area contributed by atoms with Crippen LogP contribution in [0.1, 0.15) is 26.2 Å². The van der Waals surface area contributed by atoms with E-state index in [2.05, 4.69) is 26.2 Å². The quantitative estimate of drug-likeness (QED) is 0.823. The van der Waals surface area contributed by atoms with E-state index < -0.39 is 5.41 Å². The van der Waals surface area contributed by atoms with Gasteiger partial charge in [0.05, 0.1) is 11.1 Å². The third-order valence-corrected chi connectivity index (χ3v) is 4.19. The lowest BCUT2D eigenvalue weighted by atomic mass is 9.84. The molecule has 0 bridgehead atoms. The molecule has 2 unspecified atom stereocenters. The second-order valence-corrected chi connectivity index (χ2v) is 5.46. The smallest absolute Gasteiger partial charge is 0.231 e. The molecule has 2 atom stereocenters. The topological polar surface area (TPSA) is 68.0 Å². The van der Waals surface area contributed by atoms with Crippen molar-refractivity contribution in [1.29, 1.82) is 0 Å². The summed E-state index contributed by atoms with van der Waals surface area (Å²) in [6, 6.07) is 3.55. The van der Waals surface area contributed by atoms with Crippen molar-refractivity contribution in [3.05, 3.63) is 22.9 Å². The Bertz CT molecular complexity index is 438. The predicted octanol–water partition coefficient (Wildman–Crippen LogP) is 2.30. The zero-order chi connectivity index (χ0) is 12.5. The molecule has 1 heterocycles. The van der Waals surface area contributed by atoms with Gasteiger partial charge in [-0.05, 0) is 47.8 Å². The van der Waals surface area contributed by atoms with E-state index in [0.717, 1.165) is 19.3 Å². The fraction of sp³-hybridized carbons (Fsp3) is 0.500. The highest BCUT2D eigenvalue weighted by molar-refractivity contribution is 9.10. The summed E-state index contributed by atoms with van der Waals surface area (Å²) in [4.78, 5) is 16.3. The van der Waals surface area contributed by atoms with Gasteiger partial charge in [-0.15, -0.1) is 0 Å². The highest BCUT2D eigenvalue weighted by Gasteiger charge is 2.43. The number of amides is 1. The van der Waals surface area contributed by atoms with Crippen LogP contribution in [0, 0.1) is 5.41 Å². The molecule has 0 spiro atoms. The van der Waals surface area contributed by atoms with Crippen LogP contribution in [-0.2, 0) is 4.79 Å². The fourth-order valence-electron chi connectivity index (χ4n) is 2.22. The Morgan fingerprint density at radius 2 is 2.47 bits per heavy atom. The number of carbonyl (C=O) groups excluding carboxylic acids is 1. The molecule has 1 amide bonds. The number of carbonyl (C=O) groups is 1. The summed E-state index contributed by atoms with van der Waals surface area (Å²) in [5.41, 5.74) is 6.25. The lowest BCUT2D eigenvalue weighted by Gasteiger charge is -2.27. The molecule has 1 saturated carbocycles. The Labute approximate surface area is 109 Å².